The van der Waals surface area contributed by atoms with E-state index >= 15 is 0 Å². The van der Waals surface area contributed by atoms with Crippen LogP contribution in [0.15, 0.2) is 29.2 Å². The zero-order chi connectivity index (χ0) is 15.8. The van der Waals surface area contributed by atoms with Gasteiger partial charge in [0.05, 0.1) is 6.20 Å². The minimum absolute atomic E-state index is 0.183. The Morgan fingerprint density at radius 2 is 2.17 bits per heavy atom. The molecule has 2 aromatic rings. The standard InChI is InChI=1S/C17H22N4OS/c1-19-11-14(9-18-19)15-8-16(15)17(22)21-5-3-20(4-6-21)10-13-2-7-23-12-13/h2,7,9,11-12,15-16H,3-6,8,10H2,1H3/t15-,16+/m0/s1. The first-order valence-corrected chi connectivity index (χ1v) is 9.16. The molecule has 3 heterocycles. The number of carbonyl (C=O) groups excluding carboxylic acids is 1. The third-order valence-electron chi connectivity index (χ3n) is 4.93. The van der Waals surface area contributed by atoms with Crippen molar-refractivity contribution in [3.05, 3.63) is 40.3 Å². The van der Waals surface area contributed by atoms with E-state index in [1.165, 1.54) is 11.1 Å². The SMILES string of the molecule is Cn1cc([C@@H]2C[C@H]2C(=O)N2CCN(Cc3ccsc3)CC2)cn1. The molecule has 0 bridgehead atoms. The monoisotopic (exact) mass is 330 g/mol. The summed E-state index contributed by atoms with van der Waals surface area (Å²) in [5.74, 6) is 0.914. The Morgan fingerprint density at radius 1 is 1.35 bits per heavy atom. The van der Waals surface area contributed by atoms with Crippen LogP contribution in [0.5, 0.6) is 0 Å². The maximum absolute atomic E-state index is 12.7. The summed E-state index contributed by atoms with van der Waals surface area (Å²) >= 11 is 1.75. The summed E-state index contributed by atoms with van der Waals surface area (Å²) in [5, 5.41) is 8.55. The zero-order valence-corrected chi connectivity index (χ0v) is 14.2. The van der Waals surface area contributed by atoms with Gasteiger partial charge in [-0.2, -0.15) is 16.4 Å². The van der Waals surface area contributed by atoms with E-state index in [1.807, 2.05) is 24.1 Å². The second-order valence-electron chi connectivity index (χ2n) is 6.63. The summed E-state index contributed by atoms with van der Waals surface area (Å²) in [6, 6.07) is 2.19. The molecule has 1 saturated carbocycles. The van der Waals surface area contributed by atoms with E-state index in [2.05, 4.69) is 31.7 Å². The molecule has 0 aromatic carbocycles. The fourth-order valence-corrected chi connectivity index (χ4v) is 4.13. The Morgan fingerprint density at radius 3 is 2.83 bits per heavy atom. The summed E-state index contributed by atoms with van der Waals surface area (Å²) in [4.78, 5) is 17.2. The molecule has 1 aliphatic heterocycles. The fraction of sp³-hybridized carbons (Fsp3) is 0.529. The topological polar surface area (TPSA) is 41.4 Å². The van der Waals surface area contributed by atoms with Crippen molar-refractivity contribution in [2.45, 2.75) is 18.9 Å². The van der Waals surface area contributed by atoms with E-state index in [0.717, 1.165) is 39.1 Å². The Labute approximate surface area is 140 Å². The number of aryl methyl sites for hydroxylation is 1. The van der Waals surface area contributed by atoms with Crippen LogP contribution in [0.1, 0.15) is 23.5 Å². The van der Waals surface area contributed by atoms with Crippen molar-refractivity contribution in [1.29, 1.82) is 0 Å². The zero-order valence-electron chi connectivity index (χ0n) is 13.4. The molecule has 122 valence electrons. The van der Waals surface area contributed by atoms with Gasteiger partial charge in [-0.05, 0) is 40.3 Å². The van der Waals surface area contributed by atoms with Crippen molar-refractivity contribution >= 4 is 17.2 Å². The van der Waals surface area contributed by atoms with E-state index in [4.69, 9.17) is 0 Å². The van der Waals surface area contributed by atoms with E-state index in [0.29, 0.717) is 11.8 Å². The largest absolute Gasteiger partial charge is 0.340 e. The molecular weight excluding hydrogens is 308 g/mol. The minimum Gasteiger partial charge on any atom is -0.340 e. The Kier molecular flexibility index (Phi) is 3.95. The quantitative estimate of drug-likeness (QED) is 0.860. The number of nitrogens with zero attached hydrogens (tertiary/aromatic N) is 4. The summed E-state index contributed by atoms with van der Waals surface area (Å²) < 4.78 is 1.82. The predicted octanol–water partition coefficient (Wildman–Crippen LogP) is 1.93. The second kappa shape index (κ2) is 6.09. The number of piperazine rings is 1. The lowest BCUT2D eigenvalue weighted by Gasteiger charge is -2.34. The van der Waals surface area contributed by atoms with Gasteiger partial charge in [0, 0.05) is 51.9 Å². The van der Waals surface area contributed by atoms with Crippen LogP contribution in [0, 0.1) is 5.92 Å². The van der Waals surface area contributed by atoms with E-state index in [9.17, 15) is 4.79 Å². The maximum atomic E-state index is 12.7. The van der Waals surface area contributed by atoms with Crippen molar-refractivity contribution < 1.29 is 4.79 Å². The molecule has 4 rings (SSSR count). The number of carbonyl (C=O) groups is 1. The highest BCUT2D eigenvalue weighted by molar-refractivity contribution is 7.07. The first kappa shape index (κ1) is 14.9. The molecule has 1 aliphatic carbocycles. The number of hydrogen-bond acceptors (Lipinski definition) is 4. The van der Waals surface area contributed by atoms with Gasteiger partial charge < -0.3 is 4.90 Å². The number of aromatic nitrogens is 2. The molecule has 2 fully saturated rings. The van der Waals surface area contributed by atoms with Crippen molar-refractivity contribution in [2.75, 3.05) is 26.2 Å². The molecular formula is C17H22N4OS. The highest BCUT2D eigenvalue weighted by Crippen LogP contribution is 2.48. The molecule has 2 aromatic heterocycles. The molecule has 5 nitrogen and oxygen atoms in total. The van der Waals surface area contributed by atoms with E-state index < -0.39 is 0 Å². The van der Waals surface area contributed by atoms with Crippen LogP contribution < -0.4 is 0 Å². The summed E-state index contributed by atoms with van der Waals surface area (Å²) in [7, 11) is 1.93. The van der Waals surface area contributed by atoms with Gasteiger partial charge in [-0.15, -0.1) is 0 Å². The van der Waals surface area contributed by atoms with Crippen LogP contribution in [0.3, 0.4) is 0 Å². The van der Waals surface area contributed by atoms with Crippen molar-refractivity contribution in [3.63, 3.8) is 0 Å². The molecule has 6 heteroatoms. The third-order valence-corrected chi connectivity index (χ3v) is 5.66. The highest BCUT2D eigenvalue weighted by Gasteiger charge is 2.46. The van der Waals surface area contributed by atoms with Gasteiger partial charge in [0.1, 0.15) is 0 Å². The fourth-order valence-electron chi connectivity index (χ4n) is 3.47. The average Bonchev–Trinajstić information content (AvgIpc) is 2.96. The van der Waals surface area contributed by atoms with Crippen LogP contribution >= 0.6 is 11.3 Å². The van der Waals surface area contributed by atoms with Gasteiger partial charge in [0.15, 0.2) is 0 Å². The normalized spacial score (nSPS) is 24.8. The number of thiophene rings is 1. The molecule has 0 radical (unpaired) electrons. The van der Waals surface area contributed by atoms with Crippen LogP contribution in [0.4, 0.5) is 0 Å². The Hall–Kier alpha value is -1.66. The molecule has 1 amide bonds. The third kappa shape index (κ3) is 3.19. The summed E-state index contributed by atoms with van der Waals surface area (Å²) in [5.41, 5.74) is 2.59. The van der Waals surface area contributed by atoms with Crippen LogP contribution in [0.25, 0.3) is 0 Å². The van der Waals surface area contributed by atoms with E-state index in [-0.39, 0.29) is 5.92 Å². The molecule has 0 spiro atoms. The smallest absolute Gasteiger partial charge is 0.226 e. The Bertz CT molecular complexity index is 673. The first-order chi connectivity index (χ1) is 11.2. The van der Waals surface area contributed by atoms with E-state index in [1.54, 1.807) is 11.3 Å². The lowest BCUT2D eigenvalue weighted by atomic mass is 10.1. The summed E-state index contributed by atoms with van der Waals surface area (Å²) in [6.07, 6.45) is 4.92. The first-order valence-electron chi connectivity index (χ1n) is 8.21. The second-order valence-corrected chi connectivity index (χ2v) is 7.41. The molecule has 23 heavy (non-hydrogen) atoms. The van der Waals surface area contributed by atoms with Gasteiger partial charge in [0.25, 0.3) is 0 Å². The number of hydrogen-bond donors (Lipinski definition) is 0. The molecule has 2 aliphatic rings. The Balaban J connectivity index is 1.28. The van der Waals surface area contributed by atoms with Gasteiger partial charge in [-0.25, -0.2) is 0 Å². The summed E-state index contributed by atoms with van der Waals surface area (Å²) in [6.45, 7) is 4.68. The molecule has 0 unspecified atom stereocenters. The predicted molar refractivity (Wildman–Crippen MR) is 90.2 cm³/mol. The molecule has 2 atom stereocenters. The number of rotatable bonds is 4. The molecule has 1 saturated heterocycles. The molecule has 0 N–H and O–H groups in total. The van der Waals surface area contributed by atoms with Crippen molar-refractivity contribution in [1.82, 2.24) is 19.6 Å². The van der Waals surface area contributed by atoms with Gasteiger partial charge in [0.2, 0.25) is 5.91 Å². The van der Waals surface area contributed by atoms with Gasteiger partial charge in [-0.3, -0.25) is 14.4 Å². The minimum atomic E-state index is 0.183. The van der Waals surface area contributed by atoms with Crippen LogP contribution in [-0.4, -0.2) is 51.7 Å². The lowest BCUT2D eigenvalue weighted by Crippen LogP contribution is -2.48. The lowest BCUT2D eigenvalue weighted by molar-refractivity contribution is -0.134. The van der Waals surface area contributed by atoms with Crippen LogP contribution in [-0.2, 0) is 18.4 Å². The van der Waals surface area contributed by atoms with Crippen molar-refractivity contribution in [3.8, 4) is 0 Å². The van der Waals surface area contributed by atoms with Gasteiger partial charge >= 0.3 is 0 Å². The highest BCUT2D eigenvalue weighted by atomic mass is 32.1. The van der Waals surface area contributed by atoms with Crippen LogP contribution in [0.2, 0.25) is 0 Å². The van der Waals surface area contributed by atoms with Crippen molar-refractivity contribution in [2.24, 2.45) is 13.0 Å². The average molecular weight is 330 g/mol. The van der Waals surface area contributed by atoms with Gasteiger partial charge in [-0.1, -0.05) is 0 Å². The maximum Gasteiger partial charge on any atom is 0.226 e. The number of amides is 1.